The van der Waals surface area contributed by atoms with Gasteiger partial charge in [-0.3, -0.25) is 9.59 Å². The summed E-state index contributed by atoms with van der Waals surface area (Å²) in [5.74, 6) is -0.953. The van der Waals surface area contributed by atoms with Crippen molar-refractivity contribution in [2.24, 2.45) is 5.92 Å². The van der Waals surface area contributed by atoms with Crippen molar-refractivity contribution in [3.05, 3.63) is 29.8 Å². The summed E-state index contributed by atoms with van der Waals surface area (Å²) in [4.78, 5) is 21.4. The Bertz CT molecular complexity index is 439. The van der Waals surface area contributed by atoms with Crippen molar-refractivity contribution in [3.63, 3.8) is 0 Å². The Hall–Kier alpha value is -2.04. The van der Waals surface area contributed by atoms with Gasteiger partial charge in [0.15, 0.2) is 5.60 Å². The van der Waals surface area contributed by atoms with Crippen molar-refractivity contribution < 1.29 is 24.2 Å². The summed E-state index contributed by atoms with van der Waals surface area (Å²) in [5, 5.41) is 8.96. The lowest BCUT2D eigenvalue weighted by Gasteiger charge is -2.15. The Kier molecular flexibility index (Phi) is 2.75. The smallest absolute Gasteiger partial charge is 0.311 e. The number of hydrogen-bond donors (Lipinski definition) is 1. The van der Waals surface area contributed by atoms with E-state index in [1.54, 1.807) is 31.4 Å². The van der Waals surface area contributed by atoms with Crippen molar-refractivity contribution in [1.29, 1.82) is 0 Å². The largest absolute Gasteiger partial charge is 0.497 e. The first-order valence-corrected chi connectivity index (χ1v) is 5.13. The maximum Gasteiger partial charge on any atom is 0.311 e. The molecule has 0 radical (unpaired) electrons. The van der Waals surface area contributed by atoms with E-state index in [0.717, 1.165) is 0 Å². The molecule has 17 heavy (non-hydrogen) atoms. The van der Waals surface area contributed by atoms with Crippen LogP contribution in [0.25, 0.3) is 0 Å². The molecule has 2 atom stereocenters. The molecule has 1 saturated carbocycles. The second-order valence-corrected chi connectivity index (χ2v) is 3.93. The van der Waals surface area contributed by atoms with E-state index in [2.05, 4.69) is 0 Å². The maximum absolute atomic E-state index is 10.9. The zero-order valence-electron chi connectivity index (χ0n) is 9.25. The molecule has 5 heteroatoms. The normalized spacial score (nSPS) is 26.1. The van der Waals surface area contributed by atoms with Crippen LogP contribution in [0, 0.1) is 5.92 Å². The molecule has 0 bridgehead atoms. The number of rotatable bonds is 5. The fraction of sp³-hybridized carbons (Fsp3) is 0.333. The van der Waals surface area contributed by atoms with Crippen LogP contribution in [0.4, 0.5) is 0 Å². The number of aliphatic carboxylic acids is 1. The second kappa shape index (κ2) is 4.08. The average Bonchev–Trinajstić information content (AvgIpc) is 3.06. The molecular formula is C12H12O5. The zero-order chi connectivity index (χ0) is 12.5. The highest BCUT2D eigenvalue weighted by Gasteiger charge is 2.62. The standard InChI is InChI=1S/C12H12O5/c1-16-9-4-2-8(3-5-9)12(17-7-13)6-10(12)11(14)15/h2-5,7,10H,6H2,1H3,(H,14,15). The molecule has 1 aliphatic rings. The van der Waals surface area contributed by atoms with E-state index in [4.69, 9.17) is 14.6 Å². The van der Waals surface area contributed by atoms with Crippen LogP contribution in [0.3, 0.4) is 0 Å². The Balaban J connectivity index is 2.28. The fourth-order valence-corrected chi connectivity index (χ4v) is 2.01. The van der Waals surface area contributed by atoms with Crippen LogP contribution < -0.4 is 4.74 Å². The van der Waals surface area contributed by atoms with Gasteiger partial charge >= 0.3 is 5.97 Å². The first-order chi connectivity index (χ1) is 8.14. The molecule has 0 amide bonds. The third kappa shape index (κ3) is 1.84. The third-order valence-corrected chi connectivity index (χ3v) is 3.05. The third-order valence-electron chi connectivity index (χ3n) is 3.05. The number of carboxylic acid groups (broad SMARTS) is 1. The van der Waals surface area contributed by atoms with E-state index >= 15 is 0 Å². The monoisotopic (exact) mass is 236 g/mol. The SMILES string of the molecule is COc1ccc(C2(OC=O)CC2C(=O)O)cc1. The molecular weight excluding hydrogens is 224 g/mol. The van der Waals surface area contributed by atoms with Crippen molar-refractivity contribution in [3.8, 4) is 5.75 Å². The molecule has 0 aromatic heterocycles. The van der Waals surface area contributed by atoms with E-state index < -0.39 is 17.5 Å². The molecule has 2 unspecified atom stereocenters. The second-order valence-electron chi connectivity index (χ2n) is 3.93. The summed E-state index contributed by atoms with van der Waals surface area (Å²) < 4.78 is 9.98. The fourth-order valence-electron chi connectivity index (χ4n) is 2.01. The summed E-state index contributed by atoms with van der Waals surface area (Å²) in [6.07, 6.45) is 0.313. The predicted octanol–water partition coefficient (Wildman–Crippen LogP) is 1.17. The molecule has 1 aliphatic carbocycles. The van der Waals surface area contributed by atoms with Crippen molar-refractivity contribution in [2.45, 2.75) is 12.0 Å². The van der Waals surface area contributed by atoms with Gasteiger partial charge in [-0.2, -0.15) is 0 Å². The zero-order valence-corrected chi connectivity index (χ0v) is 9.25. The van der Waals surface area contributed by atoms with Crippen LogP contribution in [-0.4, -0.2) is 24.7 Å². The van der Waals surface area contributed by atoms with Gasteiger partial charge in [0.05, 0.1) is 7.11 Å². The lowest BCUT2D eigenvalue weighted by molar-refractivity contribution is -0.144. The molecule has 0 spiro atoms. The number of ether oxygens (including phenoxy) is 2. The van der Waals surface area contributed by atoms with Crippen LogP contribution >= 0.6 is 0 Å². The van der Waals surface area contributed by atoms with Crippen LogP contribution in [0.5, 0.6) is 5.75 Å². The molecule has 1 aromatic carbocycles. The molecule has 1 fully saturated rings. The summed E-state index contributed by atoms with van der Waals surface area (Å²) in [6, 6.07) is 6.85. The minimum Gasteiger partial charge on any atom is -0.497 e. The van der Waals surface area contributed by atoms with E-state index in [-0.39, 0.29) is 0 Å². The van der Waals surface area contributed by atoms with Gasteiger partial charge in [-0.05, 0) is 17.7 Å². The van der Waals surface area contributed by atoms with E-state index in [9.17, 15) is 9.59 Å². The molecule has 2 rings (SSSR count). The minimum absolute atomic E-state index is 0.299. The summed E-state index contributed by atoms with van der Waals surface area (Å²) in [6.45, 7) is 0.299. The van der Waals surface area contributed by atoms with Crippen molar-refractivity contribution in [1.82, 2.24) is 0 Å². The number of hydrogen-bond acceptors (Lipinski definition) is 4. The maximum atomic E-state index is 10.9. The minimum atomic E-state index is -1.00. The van der Waals surface area contributed by atoms with Crippen molar-refractivity contribution >= 4 is 12.4 Å². The predicted molar refractivity (Wildman–Crippen MR) is 57.6 cm³/mol. The van der Waals surface area contributed by atoms with E-state index in [1.165, 1.54) is 0 Å². The highest BCUT2D eigenvalue weighted by Crippen LogP contribution is 2.55. The van der Waals surface area contributed by atoms with Crippen molar-refractivity contribution in [2.75, 3.05) is 7.11 Å². The van der Waals surface area contributed by atoms with E-state index in [1.807, 2.05) is 0 Å². The molecule has 1 aromatic rings. The summed E-state index contributed by atoms with van der Waals surface area (Å²) in [5.41, 5.74) is -0.322. The van der Waals surface area contributed by atoms with Crippen LogP contribution in [0.1, 0.15) is 12.0 Å². The van der Waals surface area contributed by atoms with Gasteiger partial charge < -0.3 is 14.6 Å². The highest BCUT2D eigenvalue weighted by atomic mass is 16.5. The molecule has 90 valence electrons. The first-order valence-electron chi connectivity index (χ1n) is 5.13. The molecule has 0 heterocycles. The topological polar surface area (TPSA) is 72.8 Å². The number of carbonyl (C=O) groups excluding carboxylic acids is 1. The van der Waals surface area contributed by atoms with E-state index in [0.29, 0.717) is 24.2 Å². The highest BCUT2D eigenvalue weighted by molar-refractivity contribution is 5.77. The summed E-state index contributed by atoms with van der Waals surface area (Å²) >= 11 is 0. The molecule has 0 aliphatic heterocycles. The number of carbonyl (C=O) groups is 2. The van der Waals surface area contributed by atoms with Gasteiger partial charge in [0.25, 0.3) is 6.47 Å². The van der Waals surface area contributed by atoms with Gasteiger partial charge in [-0.15, -0.1) is 0 Å². The lowest BCUT2D eigenvalue weighted by Crippen LogP contribution is -2.18. The van der Waals surface area contributed by atoms with Crippen LogP contribution in [0.2, 0.25) is 0 Å². The molecule has 0 saturated heterocycles. The number of benzene rings is 1. The Morgan fingerprint density at radius 2 is 2.12 bits per heavy atom. The average molecular weight is 236 g/mol. The lowest BCUT2D eigenvalue weighted by atomic mass is 10.1. The quantitative estimate of drug-likeness (QED) is 0.777. The van der Waals surface area contributed by atoms with Crippen LogP contribution in [-0.2, 0) is 19.9 Å². The van der Waals surface area contributed by atoms with Gasteiger partial charge in [-0.1, -0.05) is 12.1 Å². The molecule has 5 nitrogen and oxygen atoms in total. The Morgan fingerprint density at radius 1 is 1.47 bits per heavy atom. The Morgan fingerprint density at radius 3 is 2.53 bits per heavy atom. The summed E-state index contributed by atoms with van der Waals surface area (Å²) in [7, 11) is 1.55. The van der Waals surface area contributed by atoms with Gasteiger partial charge in [-0.25, -0.2) is 0 Å². The van der Waals surface area contributed by atoms with Crippen LogP contribution in [0.15, 0.2) is 24.3 Å². The Labute approximate surface area is 98.0 Å². The van der Waals surface area contributed by atoms with Gasteiger partial charge in [0.1, 0.15) is 11.7 Å². The van der Waals surface area contributed by atoms with Gasteiger partial charge in [0, 0.05) is 6.42 Å². The molecule has 1 N–H and O–H groups in total. The number of methoxy groups -OCH3 is 1. The number of carboxylic acids is 1. The van der Waals surface area contributed by atoms with Gasteiger partial charge in [0.2, 0.25) is 0 Å². The first kappa shape index (κ1) is 11.4.